The Morgan fingerprint density at radius 1 is 1.00 bits per heavy atom. The first-order valence-electron chi connectivity index (χ1n) is 9.43. The van der Waals surface area contributed by atoms with E-state index in [4.69, 9.17) is 18.6 Å². The lowest BCUT2D eigenvalue weighted by Gasteiger charge is -2.11. The largest absolute Gasteiger partial charge is 0.382 e. The predicted octanol–water partition coefficient (Wildman–Crippen LogP) is 3.17. The Kier molecular flexibility index (Phi) is 9.55. The molecule has 0 aliphatic heterocycles. The average molecular weight is 385 g/mol. The van der Waals surface area contributed by atoms with E-state index in [0.29, 0.717) is 45.4 Å². The van der Waals surface area contributed by atoms with E-state index in [1.165, 1.54) is 17.2 Å². The highest BCUT2D eigenvalue weighted by atomic mass is 16.5. The van der Waals surface area contributed by atoms with Gasteiger partial charge in [0.15, 0.2) is 0 Å². The van der Waals surface area contributed by atoms with Crippen LogP contribution in [0.1, 0.15) is 16.7 Å². The van der Waals surface area contributed by atoms with Crippen LogP contribution in [0.25, 0.3) is 5.57 Å². The number of carbonyl (C=O) groups excluding carboxylic acids is 2. The summed E-state index contributed by atoms with van der Waals surface area (Å²) in [7, 11) is 1.64. The Bertz CT molecular complexity index is 771. The number of hydrogen-bond acceptors (Lipinski definition) is 4. The molecule has 0 spiro atoms. The molecule has 1 aromatic rings. The van der Waals surface area contributed by atoms with Gasteiger partial charge in [-0.15, -0.1) is 0 Å². The Morgan fingerprint density at radius 3 is 2.50 bits per heavy atom. The molecule has 0 amide bonds. The van der Waals surface area contributed by atoms with E-state index >= 15 is 0 Å². The van der Waals surface area contributed by atoms with Crippen molar-refractivity contribution in [2.75, 3.05) is 46.8 Å². The van der Waals surface area contributed by atoms with Crippen LogP contribution in [0.15, 0.2) is 48.1 Å². The highest BCUT2D eigenvalue weighted by molar-refractivity contribution is 6.13. The zero-order valence-corrected chi connectivity index (χ0v) is 16.9. The molecule has 0 unspecified atom stereocenters. The summed E-state index contributed by atoms with van der Waals surface area (Å²) in [4.78, 5) is 11.1. The zero-order valence-electron chi connectivity index (χ0n) is 16.9. The van der Waals surface area contributed by atoms with E-state index in [0.717, 1.165) is 23.0 Å². The van der Waals surface area contributed by atoms with Crippen LogP contribution in [0.5, 0.6) is 0 Å². The van der Waals surface area contributed by atoms with Crippen LogP contribution in [-0.4, -0.2) is 58.8 Å². The van der Waals surface area contributed by atoms with Crippen molar-refractivity contribution in [1.82, 2.24) is 0 Å². The van der Waals surface area contributed by atoms with Crippen molar-refractivity contribution >= 4 is 17.6 Å². The van der Waals surface area contributed by atoms with Crippen molar-refractivity contribution in [2.24, 2.45) is 0 Å². The molecule has 5 nitrogen and oxygen atoms in total. The van der Waals surface area contributed by atoms with E-state index < -0.39 is 0 Å². The van der Waals surface area contributed by atoms with E-state index in [1.54, 1.807) is 7.11 Å². The Morgan fingerprint density at radius 2 is 1.75 bits per heavy atom. The van der Waals surface area contributed by atoms with E-state index in [9.17, 15) is 4.79 Å². The molecule has 0 N–H and O–H groups in total. The van der Waals surface area contributed by atoms with Gasteiger partial charge in [0, 0.05) is 13.2 Å². The molecule has 0 saturated heterocycles. The smallest absolute Gasteiger partial charge is 0.350 e. The number of ketones is 1. The van der Waals surface area contributed by atoms with E-state index in [-0.39, 0.29) is 0 Å². The second-order valence-corrected chi connectivity index (χ2v) is 6.44. The molecule has 150 valence electrons. The van der Waals surface area contributed by atoms with Crippen LogP contribution in [0.3, 0.4) is 0 Å². The van der Waals surface area contributed by atoms with Gasteiger partial charge in [-0.05, 0) is 48.8 Å². The van der Waals surface area contributed by atoms with Gasteiger partial charge in [0.1, 0.15) is 12.9 Å². The molecule has 0 bridgehead atoms. The minimum Gasteiger partial charge on any atom is -0.382 e. The number of carbonyl (C=O) groups is 1. The summed E-state index contributed by atoms with van der Waals surface area (Å²) in [6, 6.07) is 6.35. The number of allylic oxidation sites excluding steroid dienone is 6. The average Bonchev–Trinajstić information content (AvgIpc) is 2.69. The molecule has 0 fully saturated rings. The van der Waals surface area contributed by atoms with Crippen molar-refractivity contribution in [3.8, 4) is 0 Å². The molecule has 5 heteroatoms. The van der Waals surface area contributed by atoms with Crippen molar-refractivity contribution in [3.63, 3.8) is 0 Å². The Balaban J connectivity index is 1.93. The van der Waals surface area contributed by atoms with Crippen molar-refractivity contribution in [2.45, 2.75) is 13.8 Å². The van der Waals surface area contributed by atoms with Crippen molar-refractivity contribution < 1.29 is 23.4 Å². The molecule has 0 saturated carbocycles. The van der Waals surface area contributed by atoms with Gasteiger partial charge in [-0.25, -0.2) is 0 Å². The summed E-state index contributed by atoms with van der Waals surface area (Å²) < 4.78 is 21.5. The van der Waals surface area contributed by atoms with Gasteiger partial charge < -0.3 is 14.2 Å². The molecule has 2 rings (SSSR count). The van der Waals surface area contributed by atoms with Gasteiger partial charge in [-0.2, -0.15) is 0 Å². The lowest BCUT2D eigenvalue weighted by molar-refractivity contribution is -0.460. The van der Waals surface area contributed by atoms with Crippen LogP contribution in [-0.2, 0) is 23.4 Å². The lowest BCUT2D eigenvalue weighted by Crippen LogP contribution is -2.13. The lowest BCUT2D eigenvalue weighted by atomic mass is 9.92. The number of rotatable bonds is 11. The summed E-state index contributed by atoms with van der Waals surface area (Å²) in [6.45, 7) is 7.18. The molecule has 1 aliphatic carbocycles. The third-order valence-electron chi connectivity index (χ3n) is 4.25. The fourth-order valence-electron chi connectivity index (χ4n) is 2.77. The predicted molar refractivity (Wildman–Crippen MR) is 111 cm³/mol. The SMILES string of the molecule is COCCOCCOCC[O+]=C1C=CC(c2cc(C)ccc2C)=CC1=CC=O. The first-order valence-corrected chi connectivity index (χ1v) is 9.43. The Labute approximate surface area is 167 Å². The summed E-state index contributed by atoms with van der Waals surface area (Å²) >= 11 is 0. The van der Waals surface area contributed by atoms with E-state index in [1.807, 2.05) is 18.2 Å². The summed E-state index contributed by atoms with van der Waals surface area (Å²) in [6.07, 6.45) is 8.21. The maximum absolute atomic E-state index is 11.1. The molecule has 0 aromatic heterocycles. The third kappa shape index (κ3) is 7.00. The monoisotopic (exact) mass is 385 g/mol. The molecule has 0 atom stereocenters. The first-order chi connectivity index (χ1) is 13.7. The van der Waals surface area contributed by atoms with Crippen LogP contribution >= 0.6 is 0 Å². The molecule has 1 aromatic carbocycles. The van der Waals surface area contributed by atoms with Crippen LogP contribution in [0.4, 0.5) is 0 Å². The standard InChI is InChI=1S/C23H29O5/c1-18-4-5-19(2)22(16-18)20-6-7-23(21(17-20)8-9-24)28-15-14-27-13-12-26-11-10-25-3/h4-9,16-17H,10-15H2,1-3H3/q+1. The second-order valence-electron chi connectivity index (χ2n) is 6.44. The zero-order chi connectivity index (χ0) is 20.2. The van der Waals surface area contributed by atoms with Gasteiger partial charge >= 0.3 is 5.78 Å². The number of benzene rings is 1. The Hall–Kier alpha value is -2.34. The van der Waals surface area contributed by atoms with Crippen LogP contribution < -0.4 is 0 Å². The summed E-state index contributed by atoms with van der Waals surface area (Å²) in [5, 5.41) is 0. The molecule has 1 aliphatic rings. The minimum atomic E-state index is 0.403. The van der Waals surface area contributed by atoms with Crippen LogP contribution in [0.2, 0.25) is 0 Å². The van der Waals surface area contributed by atoms with Crippen LogP contribution in [0, 0.1) is 13.8 Å². The first kappa shape index (κ1) is 22.0. The molecule has 0 radical (unpaired) electrons. The van der Waals surface area contributed by atoms with Crippen molar-refractivity contribution in [1.29, 1.82) is 0 Å². The number of ether oxygens (including phenoxy) is 3. The summed E-state index contributed by atoms with van der Waals surface area (Å²) in [5.41, 5.74) is 5.37. The third-order valence-corrected chi connectivity index (χ3v) is 4.25. The highest BCUT2D eigenvalue weighted by Gasteiger charge is 2.19. The normalized spacial score (nSPS) is 16.6. The number of aryl methyl sites for hydroxylation is 2. The van der Waals surface area contributed by atoms with Gasteiger partial charge in [0.05, 0.1) is 32.0 Å². The van der Waals surface area contributed by atoms with Crippen molar-refractivity contribution in [3.05, 3.63) is 64.8 Å². The quantitative estimate of drug-likeness (QED) is 0.254. The molecular weight excluding hydrogens is 356 g/mol. The second kappa shape index (κ2) is 12.2. The number of hydrogen-bond donors (Lipinski definition) is 0. The highest BCUT2D eigenvalue weighted by Crippen LogP contribution is 2.26. The molecule has 0 heterocycles. The number of methoxy groups -OCH3 is 1. The maximum Gasteiger partial charge on any atom is 0.350 e. The number of aldehydes is 1. The fourth-order valence-corrected chi connectivity index (χ4v) is 2.77. The minimum absolute atomic E-state index is 0.403. The maximum atomic E-state index is 11.1. The molecular formula is C23H29O5+. The fraction of sp³-hybridized carbons (Fsp3) is 0.391. The van der Waals surface area contributed by atoms with Gasteiger partial charge in [-0.3, -0.25) is 9.22 Å². The van der Waals surface area contributed by atoms with E-state index in [2.05, 4.69) is 32.0 Å². The van der Waals surface area contributed by atoms with Gasteiger partial charge in [0.25, 0.3) is 6.61 Å². The van der Waals surface area contributed by atoms with Gasteiger partial charge in [-0.1, -0.05) is 23.8 Å². The topological polar surface area (TPSA) is 56.1 Å². The molecule has 28 heavy (non-hydrogen) atoms. The summed E-state index contributed by atoms with van der Waals surface area (Å²) in [5.74, 6) is 0.668. The van der Waals surface area contributed by atoms with Gasteiger partial charge in [0.2, 0.25) is 0 Å².